The lowest BCUT2D eigenvalue weighted by Gasteiger charge is -2.07. The fourth-order valence-corrected chi connectivity index (χ4v) is 4.11. The summed E-state index contributed by atoms with van der Waals surface area (Å²) in [5.74, 6) is 0.176. The molecule has 0 bridgehead atoms. The molecule has 0 radical (unpaired) electrons. The Balaban J connectivity index is 1.46. The Morgan fingerprint density at radius 3 is 2.30 bits per heavy atom. The van der Waals surface area contributed by atoms with Crippen molar-refractivity contribution in [2.45, 2.75) is 13.5 Å². The first-order valence-electron chi connectivity index (χ1n) is 9.75. The number of benzene rings is 3. The molecule has 0 saturated carbocycles. The third-order valence-corrected chi connectivity index (χ3v) is 5.99. The molecule has 0 aliphatic rings. The molecule has 1 aromatic heterocycles. The van der Waals surface area contributed by atoms with Gasteiger partial charge < -0.3 is 10.1 Å². The average molecular weight is 463 g/mol. The van der Waals surface area contributed by atoms with E-state index in [1.54, 1.807) is 11.4 Å². The summed E-state index contributed by atoms with van der Waals surface area (Å²) in [5.41, 5.74) is -0.192. The smallest absolute Gasteiger partial charge is 0.281 e. The van der Waals surface area contributed by atoms with Gasteiger partial charge in [-0.2, -0.15) is 0 Å². The molecule has 3 aromatic carbocycles. The van der Waals surface area contributed by atoms with E-state index in [9.17, 15) is 25.0 Å². The highest BCUT2D eigenvalue weighted by molar-refractivity contribution is 7.12. The lowest BCUT2D eigenvalue weighted by Crippen LogP contribution is -2.11. The van der Waals surface area contributed by atoms with Crippen molar-refractivity contribution in [3.8, 4) is 5.75 Å². The summed E-state index contributed by atoms with van der Waals surface area (Å²) in [4.78, 5) is 34.0. The Hall–Kier alpha value is -4.31. The van der Waals surface area contributed by atoms with Gasteiger partial charge in [-0.05, 0) is 41.3 Å². The molecule has 1 amide bonds. The van der Waals surface area contributed by atoms with E-state index >= 15 is 0 Å². The summed E-state index contributed by atoms with van der Waals surface area (Å²) in [7, 11) is 0. The van der Waals surface area contributed by atoms with Crippen LogP contribution in [-0.4, -0.2) is 15.8 Å². The predicted octanol–water partition coefficient (Wildman–Crippen LogP) is 5.86. The third kappa shape index (κ3) is 4.80. The van der Waals surface area contributed by atoms with Crippen molar-refractivity contribution in [1.82, 2.24) is 0 Å². The Labute approximate surface area is 191 Å². The number of hydrogen-bond donors (Lipinski definition) is 1. The standard InChI is InChI=1S/C23H17N3O6S/c1-14-20(25(28)29)10-18(11-21(14)26(30)31)24-23(27)22-8-15(13-33-22)12-32-19-7-6-16-4-2-3-5-17(16)9-19/h2-11,13H,12H2,1H3,(H,24,27). The number of amides is 1. The van der Waals surface area contributed by atoms with E-state index in [-0.39, 0.29) is 17.9 Å². The SMILES string of the molecule is Cc1c([N+](=O)[O-])cc(NC(=O)c2cc(COc3ccc4ccccc4c3)cs2)cc1[N+](=O)[O-]. The maximum atomic E-state index is 12.6. The molecule has 10 heteroatoms. The Morgan fingerprint density at radius 1 is 0.970 bits per heavy atom. The molecule has 1 heterocycles. The second-order valence-electron chi connectivity index (χ2n) is 7.22. The summed E-state index contributed by atoms with van der Waals surface area (Å²) >= 11 is 1.18. The first kappa shape index (κ1) is 21.9. The van der Waals surface area contributed by atoms with Gasteiger partial charge in [0.1, 0.15) is 17.9 Å². The number of fused-ring (bicyclic) bond motifs is 1. The lowest BCUT2D eigenvalue weighted by molar-refractivity contribution is -0.395. The minimum absolute atomic E-state index is 0.0219. The van der Waals surface area contributed by atoms with Gasteiger partial charge in [-0.3, -0.25) is 25.0 Å². The van der Waals surface area contributed by atoms with E-state index in [0.717, 1.165) is 28.5 Å². The van der Waals surface area contributed by atoms with E-state index in [2.05, 4.69) is 5.32 Å². The zero-order chi connectivity index (χ0) is 23.5. The van der Waals surface area contributed by atoms with E-state index in [1.165, 1.54) is 18.3 Å². The van der Waals surface area contributed by atoms with Gasteiger partial charge in [-0.15, -0.1) is 11.3 Å². The van der Waals surface area contributed by atoms with Crippen LogP contribution in [-0.2, 0) is 6.61 Å². The molecule has 1 N–H and O–H groups in total. The van der Waals surface area contributed by atoms with E-state index < -0.39 is 27.1 Å². The van der Waals surface area contributed by atoms with Gasteiger partial charge in [0.05, 0.1) is 20.4 Å². The van der Waals surface area contributed by atoms with Gasteiger partial charge in [0.15, 0.2) is 0 Å². The number of nitro benzene ring substituents is 2. The molecule has 33 heavy (non-hydrogen) atoms. The fourth-order valence-electron chi connectivity index (χ4n) is 3.32. The average Bonchev–Trinajstić information content (AvgIpc) is 3.27. The van der Waals surface area contributed by atoms with E-state index in [4.69, 9.17) is 4.74 Å². The fraction of sp³-hybridized carbons (Fsp3) is 0.0870. The molecule has 0 atom stereocenters. The summed E-state index contributed by atoms with van der Waals surface area (Å²) in [6, 6.07) is 17.6. The summed E-state index contributed by atoms with van der Waals surface area (Å²) in [5, 5.41) is 28.9. The molecule has 0 saturated heterocycles. The van der Waals surface area contributed by atoms with E-state index in [1.807, 2.05) is 42.5 Å². The van der Waals surface area contributed by atoms with Crippen LogP contribution in [0.2, 0.25) is 0 Å². The molecule has 0 aliphatic heterocycles. The predicted molar refractivity (Wildman–Crippen MR) is 125 cm³/mol. The zero-order valence-corrected chi connectivity index (χ0v) is 18.1. The van der Waals surface area contributed by atoms with Crippen molar-refractivity contribution in [3.05, 3.63) is 102 Å². The number of rotatable bonds is 7. The number of nitrogens with zero attached hydrogens (tertiary/aromatic N) is 2. The molecule has 9 nitrogen and oxygen atoms in total. The number of hydrogen-bond acceptors (Lipinski definition) is 7. The largest absolute Gasteiger partial charge is 0.489 e. The van der Waals surface area contributed by atoms with Crippen LogP contribution in [0.15, 0.2) is 66.0 Å². The van der Waals surface area contributed by atoms with Crippen LogP contribution in [0.1, 0.15) is 20.8 Å². The molecule has 0 aliphatic carbocycles. The second kappa shape index (κ2) is 9.05. The van der Waals surface area contributed by atoms with Crippen molar-refractivity contribution >= 4 is 45.1 Å². The monoisotopic (exact) mass is 463 g/mol. The highest BCUT2D eigenvalue weighted by atomic mass is 32.1. The van der Waals surface area contributed by atoms with Crippen molar-refractivity contribution in [3.63, 3.8) is 0 Å². The Kier molecular flexibility index (Phi) is 6.01. The molecular weight excluding hydrogens is 446 g/mol. The van der Waals surface area contributed by atoms with Crippen LogP contribution in [0.5, 0.6) is 5.75 Å². The van der Waals surface area contributed by atoms with Gasteiger partial charge in [0.2, 0.25) is 0 Å². The number of carbonyl (C=O) groups is 1. The van der Waals surface area contributed by atoms with Gasteiger partial charge >= 0.3 is 0 Å². The Morgan fingerprint density at radius 2 is 1.64 bits per heavy atom. The number of nitro groups is 2. The first-order chi connectivity index (χ1) is 15.8. The molecule has 166 valence electrons. The molecule has 0 unspecified atom stereocenters. The molecule has 0 fully saturated rings. The quantitative estimate of drug-likeness (QED) is 0.270. The van der Waals surface area contributed by atoms with Gasteiger partial charge in [-0.1, -0.05) is 30.3 Å². The number of carbonyl (C=O) groups excluding carboxylic acids is 1. The maximum absolute atomic E-state index is 12.6. The van der Waals surface area contributed by atoms with Gasteiger partial charge in [0, 0.05) is 17.7 Å². The van der Waals surface area contributed by atoms with Crippen molar-refractivity contribution < 1.29 is 19.4 Å². The number of ether oxygens (including phenoxy) is 1. The van der Waals surface area contributed by atoms with E-state index in [0.29, 0.717) is 10.6 Å². The Bertz CT molecular complexity index is 1360. The maximum Gasteiger partial charge on any atom is 0.281 e. The molecule has 0 spiro atoms. The zero-order valence-electron chi connectivity index (χ0n) is 17.3. The second-order valence-corrected chi connectivity index (χ2v) is 8.14. The highest BCUT2D eigenvalue weighted by Crippen LogP contribution is 2.32. The summed E-state index contributed by atoms with van der Waals surface area (Å²) < 4.78 is 5.83. The number of anilines is 1. The van der Waals surface area contributed by atoms with Gasteiger partial charge in [0.25, 0.3) is 17.3 Å². The molecule has 4 rings (SSSR count). The lowest BCUT2D eigenvalue weighted by atomic mass is 10.1. The van der Waals surface area contributed by atoms with Crippen LogP contribution in [0.4, 0.5) is 17.1 Å². The van der Waals surface area contributed by atoms with Crippen molar-refractivity contribution in [1.29, 1.82) is 0 Å². The van der Waals surface area contributed by atoms with Crippen molar-refractivity contribution in [2.24, 2.45) is 0 Å². The highest BCUT2D eigenvalue weighted by Gasteiger charge is 2.24. The van der Waals surface area contributed by atoms with Crippen molar-refractivity contribution in [2.75, 3.05) is 5.32 Å². The summed E-state index contributed by atoms with van der Waals surface area (Å²) in [6.45, 7) is 1.55. The van der Waals surface area contributed by atoms with Crippen LogP contribution >= 0.6 is 11.3 Å². The minimum atomic E-state index is -0.717. The normalized spacial score (nSPS) is 10.7. The van der Waals surface area contributed by atoms with Crippen LogP contribution < -0.4 is 10.1 Å². The number of thiophene rings is 1. The topological polar surface area (TPSA) is 125 Å². The number of nitrogens with one attached hydrogen (secondary N) is 1. The van der Waals surface area contributed by atoms with Crippen LogP contribution in [0.25, 0.3) is 10.8 Å². The van der Waals surface area contributed by atoms with Crippen LogP contribution in [0, 0.1) is 27.2 Å². The first-order valence-corrected chi connectivity index (χ1v) is 10.6. The summed E-state index contributed by atoms with van der Waals surface area (Å²) in [6.07, 6.45) is 0. The third-order valence-electron chi connectivity index (χ3n) is 5.01. The van der Waals surface area contributed by atoms with Gasteiger partial charge in [-0.25, -0.2) is 0 Å². The molecule has 4 aromatic rings. The minimum Gasteiger partial charge on any atom is -0.489 e. The molecular formula is C23H17N3O6S. The van der Waals surface area contributed by atoms with Crippen LogP contribution in [0.3, 0.4) is 0 Å².